The van der Waals surface area contributed by atoms with Gasteiger partial charge in [0.15, 0.2) is 0 Å². The first-order chi connectivity index (χ1) is 9.24. The van der Waals surface area contributed by atoms with Gasteiger partial charge in [0.25, 0.3) is 0 Å². The highest BCUT2D eigenvalue weighted by atomic mass is 16.5. The molecule has 0 spiro atoms. The molecule has 1 saturated carbocycles. The number of rotatable bonds is 9. The molecule has 1 aromatic carbocycles. The molecule has 106 valence electrons. The van der Waals surface area contributed by atoms with E-state index in [0.717, 1.165) is 24.8 Å². The molecule has 1 N–H and O–H groups in total. The van der Waals surface area contributed by atoms with Gasteiger partial charge >= 0.3 is 0 Å². The van der Waals surface area contributed by atoms with Crippen LogP contribution >= 0.6 is 0 Å². The molecule has 1 aromatic rings. The van der Waals surface area contributed by atoms with Crippen LogP contribution in [0.4, 0.5) is 0 Å². The van der Waals surface area contributed by atoms with Crippen LogP contribution in [0.1, 0.15) is 32.3 Å². The Morgan fingerprint density at radius 2 is 2.11 bits per heavy atom. The summed E-state index contributed by atoms with van der Waals surface area (Å²) in [5, 5.41) is 3.40. The Hall–Kier alpha value is -1.06. The maximum atomic E-state index is 5.70. The van der Waals surface area contributed by atoms with Gasteiger partial charge in [-0.25, -0.2) is 0 Å². The molecule has 0 aromatic heterocycles. The Kier molecular flexibility index (Phi) is 5.67. The predicted molar refractivity (Wildman–Crippen MR) is 77.5 cm³/mol. The van der Waals surface area contributed by atoms with Gasteiger partial charge in [-0.3, -0.25) is 0 Å². The van der Waals surface area contributed by atoms with Gasteiger partial charge in [0.05, 0.1) is 6.61 Å². The molecule has 3 heteroatoms. The van der Waals surface area contributed by atoms with E-state index < -0.39 is 0 Å². The molecule has 0 unspecified atom stereocenters. The summed E-state index contributed by atoms with van der Waals surface area (Å²) in [6, 6.07) is 8.75. The van der Waals surface area contributed by atoms with E-state index in [-0.39, 0.29) is 0 Å². The van der Waals surface area contributed by atoms with Gasteiger partial charge in [-0.15, -0.1) is 0 Å². The van der Waals surface area contributed by atoms with Crippen LogP contribution in [0.15, 0.2) is 24.3 Å². The zero-order valence-electron chi connectivity index (χ0n) is 12.0. The summed E-state index contributed by atoms with van der Waals surface area (Å²) in [4.78, 5) is 0. The highest BCUT2D eigenvalue weighted by Gasteiger charge is 2.20. The molecular formula is C16H25NO2. The van der Waals surface area contributed by atoms with Crippen molar-refractivity contribution in [1.82, 2.24) is 5.32 Å². The molecular weight excluding hydrogens is 238 g/mol. The summed E-state index contributed by atoms with van der Waals surface area (Å²) in [5.41, 5.74) is 1.25. The topological polar surface area (TPSA) is 30.5 Å². The van der Waals surface area contributed by atoms with Gasteiger partial charge in [0, 0.05) is 19.2 Å². The summed E-state index contributed by atoms with van der Waals surface area (Å²) in [6.45, 7) is 7.41. The van der Waals surface area contributed by atoms with E-state index in [4.69, 9.17) is 9.47 Å². The van der Waals surface area contributed by atoms with Crippen molar-refractivity contribution in [3.8, 4) is 5.75 Å². The van der Waals surface area contributed by atoms with Crippen molar-refractivity contribution in [2.45, 2.75) is 39.3 Å². The molecule has 3 nitrogen and oxygen atoms in total. The zero-order valence-corrected chi connectivity index (χ0v) is 12.0. The van der Waals surface area contributed by atoms with Crippen LogP contribution in [0.2, 0.25) is 0 Å². The fourth-order valence-corrected chi connectivity index (χ4v) is 1.82. The third-order valence-corrected chi connectivity index (χ3v) is 3.16. The van der Waals surface area contributed by atoms with Crippen LogP contribution in [0.5, 0.6) is 5.75 Å². The molecule has 0 atom stereocenters. The standard InChI is InChI=1S/C16H25NO2/c1-13(2)17-11-15-4-3-5-16(10-15)19-9-8-18-12-14-6-7-14/h3-5,10,13-14,17H,6-9,11-12H2,1-2H3. The van der Waals surface area contributed by atoms with Gasteiger partial charge in [0.1, 0.15) is 12.4 Å². The second kappa shape index (κ2) is 7.51. The molecule has 0 bridgehead atoms. The molecule has 1 fully saturated rings. The maximum absolute atomic E-state index is 5.70. The largest absolute Gasteiger partial charge is 0.491 e. The molecule has 2 rings (SSSR count). The Balaban J connectivity index is 1.65. The van der Waals surface area contributed by atoms with Crippen LogP contribution in [-0.4, -0.2) is 25.9 Å². The van der Waals surface area contributed by atoms with Crippen molar-refractivity contribution in [2.75, 3.05) is 19.8 Å². The number of nitrogens with one attached hydrogen (secondary N) is 1. The average molecular weight is 263 g/mol. The van der Waals surface area contributed by atoms with E-state index in [1.54, 1.807) is 0 Å². The predicted octanol–water partition coefficient (Wildman–Crippen LogP) is 2.99. The summed E-state index contributed by atoms with van der Waals surface area (Å²) in [5.74, 6) is 1.75. The van der Waals surface area contributed by atoms with E-state index in [2.05, 4.69) is 31.3 Å². The lowest BCUT2D eigenvalue weighted by atomic mass is 10.2. The first-order valence-corrected chi connectivity index (χ1v) is 7.27. The molecule has 1 aliphatic rings. The molecule has 0 saturated heterocycles. The van der Waals surface area contributed by atoms with E-state index in [0.29, 0.717) is 19.3 Å². The van der Waals surface area contributed by atoms with Crippen molar-refractivity contribution in [3.63, 3.8) is 0 Å². The quantitative estimate of drug-likeness (QED) is 0.695. The van der Waals surface area contributed by atoms with E-state index in [1.165, 1.54) is 18.4 Å². The van der Waals surface area contributed by atoms with Gasteiger partial charge < -0.3 is 14.8 Å². The average Bonchev–Trinajstić information content (AvgIpc) is 3.21. The Morgan fingerprint density at radius 3 is 2.84 bits per heavy atom. The SMILES string of the molecule is CC(C)NCc1cccc(OCCOCC2CC2)c1. The van der Waals surface area contributed by atoms with Crippen molar-refractivity contribution < 1.29 is 9.47 Å². The lowest BCUT2D eigenvalue weighted by Gasteiger charge is -2.10. The lowest BCUT2D eigenvalue weighted by molar-refractivity contribution is 0.0927. The zero-order chi connectivity index (χ0) is 13.5. The molecule has 0 radical (unpaired) electrons. The van der Waals surface area contributed by atoms with Gasteiger partial charge in [-0.1, -0.05) is 26.0 Å². The monoisotopic (exact) mass is 263 g/mol. The number of hydrogen-bond donors (Lipinski definition) is 1. The molecule has 1 aliphatic carbocycles. The van der Waals surface area contributed by atoms with Crippen molar-refractivity contribution >= 4 is 0 Å². The van der Waals surface area contributed by atoms with E-state index >= 15 is 0 Å². The first-order valence-electron chi connectivity index (χ1n) is 7.27. The number of benzene rings is 1. The van der Waals surface area contributed by atoms with E-state index in [1.807, 2.05) is 12.1 Å². The minimum atomic E-state index is 0.500. The first kappa shape index (κ1) is 14.4. The highest BCUT2D eigenvalue weighted by Crippen LogP contribution is 2.28. The number of ether oxygens (including phenoxy) is 2. The summed E-state index contributed by atoms with van der Waals surface area (Å²) < 4.78 is 11.3. The minimum Gasteiger partial charge on any atom is -0.491 e. The van der Waals surface area contributed by atoms with Gasteiger partial charge in [0.2, 0.25) is 0 Å². The minimum absolute atomic E-state index is 0.500. The molecule has 19 heavy (non-hydrogen) atoms. The summed E-state index contributed by atoms with van der Waals surface area (Å²) in [7, 11) is 0. The summed E-state index contributed by atoms with van der Waals surface area (Å²) >= 11 is 0. The van der Waals surface area contributed by atoms with Crippen molar-refractivity contribution in [1.29, 1.82) is 0 Å². The second-order valence-corrected chi connectivity index (χ2v) is 5.55. The number of hydrogen-bond acceptors (Lipinski definition) is 3. The molecule has 0 aliphatic heterocycles. The third-order valence-electron chi connectivity index (χ3n) is 3.16. The summed E-state index contributed by atoms with van der Waals surface area (Å²) in [6.07, 6.45) is 2.68. The fourth-order valence-electron chi connectivity index (χ4n) is 1.82. The molecule has 0 heterocycles. The van der Waals surface area contributed by atoms with Crippen LogP contribution in [0.25, 0.3) is 0 Å². The van der Waals surface area contributed by atoms with E-state index in [9.17, 15) is 0 Å². The molecule has 0 amide bonds. The van der Waals surface area contributed by atoms with Gasteiger partial charge in [-0.05, 0) is 36.5 Å². The fraction of sp³-hybridized carbons (Fsp3) is 0.625. The smallest absolute Gasteiger partial charge is 0.119 e. The third kappa shape index (κ3) is 6.08. The Bertz CT molecular complexity index is 375. The Labute approximate surface area is 116 Å². The van der Waals surface area contributed by atoms with Gasteiger partial charge in [-0.2, -0.15) is 0 Å². The maximum Gasteiger partial charge on any atom is 0.119 e. The Morgan fingerprint density at radius 1 is 1.26 bits per heavy atom. The van der Waals surface area contributed by atoms with Crippen molar-refractivity contribution in [2.24, 2.45) is 5.92 Å². The second-order valence-electron chi connectivity index (χ2n) is 5.55. The van der Waals surface area contributed by atoms with Crippen LogP contribution in [0, 0.1) is 5.92 Å². The lowest BCUT2D eigenvalue weighted by Crippen LogP contribution is -2.21. The van der Waals surface area contributed by atoms with Crippen molar-refractivity contribution in [3.05, 3.63) is 29.8 Å². The van der Waals surface area contributed by atoms with Crippen LogP contribution in [0.3, 0.4) is 0 Å². The van der Waals surface area contributed by atoms with Crippen LogP contribution in [-0.2, 0) is 11.3 Å². The van der Waals surface area contributed by atoms with Crippen LogP contribution < -0.4 is 10.1 Å². The highest BCUT2D eigenvalue weighted by molar-refractivity contribution is 5.28. The normalized spacial score (nSPS) is 14.9.